The van der Waals surface area contributed by atoms with E-state index in [-0.39, 0.29) is 6.04 Å². The number of nitrogens with two attached hydrogens (primary N) is 1. The van der Waals surface area contributed by atoms with E-state index in [1.165, 1.54) is 21.0 Å². The average Bonchev–Trinajstić information content (AvgIpc) is 2.96. The van der Waals surface area contributed by atoms with E-state index in [9.17, 15) is 0 Å². The summed E-state index contributed by atoms with van der Waals surface area (Å²) in [6.45, 7) is 5.01. The lowest BCUT2D eigenvalue weighted by Gasteiger charge is -2.28. The van der Waals surface area contributed by atoms with Crippen LogP contribution in [0.2, 0.25) is 0 Å². The Morgan fingerprint density at radius 3 is 2.25 bits per heavy atom. The third-order valence-electron chi connectivity index (χ3n) is 3.80. The number of thiophene rings is 1. The minimum Gasteiger partial charge on any atom is -0.365 e. The summed E-state index contributed by atoms with van der Waals surface area (Å²) < 4.78 is 0. The molecule has 2 N–H and O–H groups in total. The molecule has 3 heteroatoms. The molecule has 2 nitrogen and oxygen atoms in total. The molecule has 1 heterocycles. The highest BCUT2D eigenvalue weighted by Gasteiger charge is 2.17. The Hall–Kier alpha value is -1.32. The van der Waals surface area contributed by atoms with Crippen molar-refractivity contribution in [3.05, 3.63) is 51.7 Å². The van der Waals surface area contributed by atoms with Gasteiger partial charge in [-0.25, -0.2) is 0 Å². The molecule has 0 spiro atoms. The number of nitrogens with zero attached hydrogens (tertiary/aromatic N) is 1. The second kappa shape index (κ2) is 6.91. The topological polar surface area (TPSA) is 29.3 Å². The molecule has 0 fully saturated rings. The van der Waals surface area contributed by atoms with Gasteiger partial charge in [-0.15, -0.1) is 11.3 Å². The molecule has 1 atom stereocenters. The third kappa shape index (κ3) is 3.22. The molecule has 0 amide bonds. The van der Waals surface area contributed by atoms with E-state index in [1.807, 2.05) is 11.3 Å². The molecule has 0 aliphatic carbocycles. The van der Waals surface area contributed by atoms with E-state index >= 15 is 0 Å². The van der Waals surface area contributed by atoms with Crippen LogP contribution < -0.4 is 10.6 Å². The van der Waals surface area contributed by atoms with Crippen LogP contribution in [0.5, 0.6) is 0 Å². The normalized spacial score (nSPS) is 12.4. The third-order valence-corrected chi connectivity index (χ3v) is 5.13. The molecule has 0 aliphatic rings. The van der Waals surface area contributed by atoms with Crippen molar-refractivity contribution in [3.8, 4) is 0 Å². The monoisotopic (exact) mass is 288 g/mol. The summed E-state index contributed by atoms with van der Waals surface area (Å²) in [5.41, 5.74) is 8.61. The van der Waals surface area contributed by atoms with Gasteiger partial charge in [0.2, 0.25) is 0 Å². The van der Waals surface area contributed by atoms with Crippen LogP contribution in [0.15, 0.2) is 36.4 Å². The molecule has 2 aromatic rings. The first-order valence-corrected chi connectivity index (χ1v) is 8.11. The lowest BCUT2D eigenvalue weighted by molar-refractivity contribution is 0.692. The molecule has 0 saturated heterocycles. The Morgan fingerprint density at radius 2 is 1.75 bits per heavy atom. The zero-order chi connectivity index (χ0) is 14.5. The summed E-state index contributed by atoms with van der Waals surface area (Å²) in [5.74, 6) is 0. The van der Waals surface area contributed by atoms with Gasteiger partial charge in [0, 0.05) is 29.0 Å². The van der Waals surface area contributed by atoms with Gasteiger partial charge in [-0.05, 0) is 42.7 Å². The van der Waals surface area contributed by atoms with Gasteiger partial charge in [-0.3, -0.25) is 0 Å². The predicted molar refractivity (Wildman–Crippen MR) is 89.7 cm³/mol. The molecular weight excluding hydrogens is 264 g/mol. The molecule has 0 saturated carbocycles. The lowest BCUT2D eigenvalue weighted by Crippen LogP contribution is -2.29. The van der Waals surface area contributed by atoms with Crippen LogP contribution in [0, 0.1) is 0 Å². The van der Waals surface area contributed by atoms with E-state index in [1.54, 1.807) is 0 Å². The second-order valence-electron chi connectivity index (χ2n) is 5.04. The fourth-order valence-corrected chi connectivity index (χ4v) is 3.49. The molecule has 2 rings (SSSR count). The van der Waals surface area contributed by atoms with E-state index in [0.29, 0.717) is 6.54 Å². The Morgan fingerprint density at radius 1 is 1.05 bits per heavy atom. The summed E-state index contributed by atoms with van der Waals surface area (Å²) >= 11 is 1.87. The first-order chi connectivity index (χ1) is 9.69. The van der Waals surface area contributed by atoms with Gasteiger partial charge in [-0.2, -0.15) is 0 Å². The van der Waals surface area contributed by atoms with Gasteiger partial charge in [0.25, 0.3) is 0 Å². The summed E-state index contributed by atoms with van der Waals surface area (Å²) in [6, 6.07) is 13.5. The highest BCUT2D eigenvalue weighted by Crippen LogP contribution is 2.30. The highest BCUT2D eigenvalue weighted by molar-refractivity contribution is 7.12. The molecule has 1 aromatic heterocycles. The Labute approximate surface area is 126 Å². The molecule has 0 aliphatic heterocycles. The van der Waals surface area contributed by atoms with Crippen LogP contribution in [-0.4, -0.2) is 13.6 Å². The van der Waals surface area contributed by atoms with Gasteiger partial charge < -0.3 is 10.6 Å². The molecule has 0 bridgehead atoms. The second-order valence-corrected chi connectivity index (χ2v) is 6.24. The Bertz CT molecular complexity index is 530. The minimum atomic E-state index is 0.257. The standard InChI is InChI=1S/C17H24N2S/c1-4-13-6-8-14(9-7-13)19(3)16(12-18)17-11-10-15(5-2)20-17/h6-11,16H,4-5,12,18H2,1-3H3. The number of likely N-dealkylation sites (N-methyl/N-ethyl adjacent to an activating group) is 1. The lowest BCUT2D eigenvalue weighted by atomic mass is 10.1. The van der Waals surface area contributed by atoms with Crippen molar-refractivity contribution >= 4 is 17.0 Å². The minimum absolute atomic E-state index is 0.257. The first-order valence-electron chi connectivity index (χ1n) is 7.30. The smallest absolute Gasteiger partial charge is 0.0753 e. The Balaban J connectivity index is 2.21. The summed E-state index contributed by atoms with van der Waals surface area (Å²) in [6.07, 6.45) is 2.17. The average molecular weight is 288 g/mol. The van der Waals surface area contributed by atoms with Crippen molar-refractivity contribution in [1.82, 2.24) is 0 Å². The van der Waals surface area contributed by atoms with Crippen LogP contribution in [0.1, 0.15) is 35.2 Å². The molecule has 20 heavy (non-hydrogen) atoms. The van der Waals surface area contributed by atoms with E-state index in [0.717, 1.165) is 12.8 Å². The van der Waals surface area contributed by atoms with Crippen LogP contribution in [-0.2, 0) is 12.8 Å². The maximum absolute atomic E-state index is 6.01. The highest BCUT2D eigenvalue weighted by atomic mass is 32.1. The number of rotatable bonds is 6. The van der Waals surface area contributed by atoms with Crippen LogP contribution >= 0.6 is 11.3 Å². The van der Waals surface area contributed by atoms with E-state index in [4.69, 9.17) is 5.73 Å². The van der Waals surface area contributed by atoms with Crippen molar-refractivity contribution in [1.29, 1.82) is 0 Å². The van der Waals surface area contributed by atoms with Crippen LogP contribution in [0.25, 0.3) is 0 Å². The number of hydrogen-bond donors (Lipinski definition) is 1. The fraction of sp³-hybridized carbons (Fsp3) is 0.412. The molecule has 108 valence electrons. The maximum atomic E-state index is 6.01. The molecular formula is C17H24N2S. The SMILES string of the molecule is CCc1ccc(N(C)C(CN)c2ccc(CC)s2)cc1. The van der Waals surface area contributed by atoms with Crippen LogP contribution in [0.4, 0.5) is 5.69 Å². The number of hydrogen-bond acceptors (Lipinski definition) is 3. The summed E-state index contributed by atoms with van der Waals surface area (Å²) in [5, 5.41) is 0. The van der Waals surface area contributed by atoms with Crippen molar-refractivity contribution in [2.45, 2.75) is 32.7 Å². The molecule has 0 radical (unpaired) electrons. The van der Waals surface area contributed by atoms with Crippen molar-refractivity contribution in [2.24, 2.45) is 5.73 Å². The van der Waals surface area contributed by atoms with Gasteiger partial charge in [-0.1, -0.05) is 26.0 Å². The first kappa shape index (κ1) is 15.1. The van der Waals surface area contributed by atoms with Gasteiger partial charge in [0.05, 0.1) is 6.04 Å². The van der Waals surface area contributed by atoms with Crippen molar-refractivity contribution in [3.63, 3.8) is 0 Å². The number of benzene rings is 1. The molecule has 1 unspecified atom stereocenters. The number of anilines is 1. The predicted octanol–water partition coefficient (Wildman–Crippen LogP) is 4.01. The zero-order valence-electron chi connectivity index (χ0n) is 12.6. The summed E-state index contributed by atoms with van der Waals surface area (Å²) in [4.78, 5) is 5.06. The Kier molecular flexibility index (Phi) is 5.21. The van der Waals surface area contributed by atoms with Crippen molar-refractivity contribution < 1.29 is 0 Å². The van der Waals surface area contributed by atoms with E-state index < -0.39 is 0 Å². The van der Waals surface area contributed by atoms with Crippen molar-refractivity contribution in [2.75, 3.05) is 18.5 Å². The van der Waals surface area contributed by atoms with Gasteiger partial charge >= 0.3 is 0 Å². The number of aryl methyl sites for hydroxylation is 2. The maximum Gasteiger partial charge on any atom is 0.0753 e. The van der Waals surface area contributed by atoms with Gasteiger partial charge in [0.15, 0.2) is 0 Å². The summed E-state index contributed by atoms with van der Waals surface area (Å²) in [7, 11) is 2.13. The van der Waals surface area contributed by atoms with Crippen LogP contribution in [0.3, 0.4) is 0 Å². The largest absolute Gasteiger partial charge is 0.365 e. The van der Waals surface area contributed by atoms with Gasteiger partial charge in [0.1, 0.15) is 0 Å². The zero-order valence-corrected chi connectivity index (χ0v) is 13.4. The quantitative estimate of drug-likeness (QED) is 0.870. The van der Waals surface area contributed by atoms with E-state index in [2.05, 4.69) is 62.2 Å². The molecule has 1 aromatic carbocycles. The fourth-order valence-electron chi connectivity index (χ4n) is 2.38.